The lowest BCUT2D eigenvalue weighted by Gasteiger charge is -1.95. The van der Waals surface area contributed by atoms with Gasteiger partial charge in [-0.1, -0.05) is 30.3 Å². The predicted octanol–water partition coefficient (Wildman–Crippen LogP) is 4.09. The highest BCUT2D eigenvalue weighted by Crippen LogP contribution is 2.19. The molecule has 0 fully saturated rings. The monoisotopic (exact) mass is 280 g/mol. The highest BCUT2D eigenvalue weighted by Gasteiger charge is 2.02. The summed E-state index contributed by atoms with van der Waals surface area (Å²) < 4.78 is 13.2. The van der Waals surface area contributed by atoms with Gasteiger partial charge in [0.05, 0.1) is 11.4 Å². The van der Waals surface area contributed by atoms with E-state index < -0.39 is 0 Å². The van der Waals surface area contributed by atoms with E-state index in [1.165, 1.54) is 12.1 Å². The fourth-order valence-corrected chi connectivity index (χ4v) is 1.99. The molecular weight excluding hydrogens is 267 g/mol. The van der Waals surface area contributed by atoms with Crippen molar-refractivity contribution < 1.29 is 9.50 Å². The molecule has 0 aliphatic carbocycles. The number of nitrogens with zero attached hydrogens (tertiary/aromatic N) is 1. The van der Waals surface area contributed by atoms with Crippen LogP contribution in [0.2, 0.25) is 0 Å². The van der Waals surface area contributed by atoms with Gasteiger partial charge >= 0.3 is 0 Å². The average Bonchev–Trinajstić information content (AvgIpc) is 2.96. The summed E-state index contributed by atoms with van der Waals surface area (Å²) >= 11 is 0. The van der Waals surface area contributed by atoms with E-state index in [4.69, 9.17) is 0 Å². The van der Waals surface area contributed by atoms with Crippen LogP contribution in [-0.4, -0.2) is 15.3 Å². The molecule has 1 aromatic heterocycles. The molecule has 0 aliphatic heterocycles. The van der Waals surface area contributed by atoms with Crippen LogP contribution in [-0.2, 0) is 0 Å². The SMILES string of the molecule is Oc1ccc(C=Cc2cc(-c3cccc(F)c3)[nH]n2)cc1. The average molecular weight is 280 g/mol. The number of benzene rings is 2. The van der Waals surface area contributed by atoms with Crippen molar-refractivity contribution in [2.45, 2.75) is 0 Å². The summed E-state index contributed by atoms with van der Waals surface area (Å²) in [6.07, 6.45) is 3.75. The fourth-order valence-electron chi connectivity index (χ4n) is 1.99. The fraction of sp³-hybridized carbons (Fsp3) is 0. The van der Waals surface area contributed by atoms with Crippen LogP contribution in [0.4, 0.5) is 4.39 Å². The van der Waals surface area contributed by atoms with Crippen molar-refractivity contribution in [2.24, 2.45) is 0 Å². The molecule has 0 unspecified atom stereocenters. The number of aromatic amines is 1. The third-order valence-corrected chi connectivity index (χ3v) is 3.07. The third kappa shape index (κ3) is 3.17. The van der Waals surface area contributed by atoms with Gasteiger partial charge in [-0.3, -0.25) is 5.10 Å². The molecule has 0 atom stereocenters. The number of H-pyrrole nitrogens is 1. The standard InChI is InChI=1S/C17H13FN2O/c18-14-3-1-2-13(10-14)17-11-15(19-20-17)7-4-12-5-8-16(21)9-6-12/h1-11,21H,(H,19,20). The Labute approximate surface area is 121 Å². The quantitative estimate of drug-likeness (QED) is 0.759. The molecule has 21 heavy (non-hydrogen) atoms. The van der Waals surface area contributed by atoms with Crippen molar-refractivity contribution in [3.63, 3.8) is 0 Å². The maximum absolute atomic E-state index is 13.2. The first-order chi connectivity index (χ1) is 10.2. The normalized spacial score (nSPS) is 11.1. The van der Waals surface area contributed by atoms with E-state index in [2.05, 4.69) is 10.2 Å². The number of halogens is 1. The van der Waals surface area contributed by atoms with Crippen LogP contribution in [0, 0.1) is 5.82 Å². The Morgan fingerprint density at radius 3 is 2.57 bits per heavy atom. The second-order valence-corrected chi connectivity index (χ2v) is 4.64. The molecule has 3 rings (SSSR count). The number of aromatic nitrogens is 2. The Balaban J connectivity index is 1.80. The third-order valence-electron chi connectivity index (χ3n) is 3.07. The van der Waals surface area contributed by atoms with Crippen molar-refractivity contribution in [1.82, 2.24) is 10.2 Å². The number of hydrogen-bond acceptors (Lipinski definition) is 2. The minimum atomic E-state index is -0.275. The van der Waals surface area contributed by atoms with Crippen LogP contribution in [0.25, 0.3) is 23.4 Å². The molecular formula is C17H13FN2O. The Morgan fingerprint density at radius 2 is 1.81 bits per heavy atom. The first-order valence-electron chi connectivity index (χ1n) is 6.49. The number of hydrogen-bond donors (Lipinski definition) is 2. The molecule has 4 heteroatoms. The Morgan fingerprint density at radius 1 is 1.00 bits per heavy atom. The molecule has 0 saturated heterocycles. The molecule has 0 amide bonds. The van der Waals surface area contributed by atoms with E-state index in [0.717, 1.165) is 22.5 Å². The molecule has 3 nitrogen and oxygen atoms in total. The summed E-state index contributed by atoms with van der Waals surface area (Å²) in [5.74, 6) is -0.0383. The van der Waals surface area contributed by atoms with Crippen molar-refractivity contribution in [3.05, 3.63) is 71.7 Å². The summed E-state index contributed by atoms with van der Waals surface area (Å²) in [4.78, 5) is 0. The molecule has 2 aromatic carbocycles. The van der Waals surface area contributed by atoms with Crippen molar-refractivity contribution in [3.8, 4) is 17.0 Å². The number of phenolic OH excluding ortho intramolecular Hbond substituents is 1. The largest absolute Gasteiger partial charge is 0.508 e. The van der Waals surface area contributed by atoms with Crippen LogP contribution in [0.5, 0.6) is 5.75 Å². The Bertz CT molecular complexity index is 775. The van der Waals surface area contributed by atoms with E-state index in [-0.39, 0.29) is 11.6 Å². The maximum atomic E-state index is 13.2. The summed E-state index contributed by atoms with van der Waals surface area (Å²) in [6, 6.07) is 15.1. The lowest BCUT2D eigenvalue weighted by molar-refractivity contribution is 0.475. The van der Waals surface area contributed by atoms with E-state index in [1.807, 2.05) is 36.4 Å². The number of nitrogens with one attached hydrogen (secondary N) is 1. The van der Waals surface area contributed by atoms with Gasteiger partial charge in [-0.25, -0.2) is 4.39 Å². The Kier molecular flexibility index (Phi) is 3.51. The van der Waals surface area contributed by atoms with Gasteiger partial charge < -0.3 is 5.11 Å². The number of phenols is 1. The number of rotatable bonds is 3. The second-order valence-electron chi connectivity index (χ2n) is 4.64. The number of aromatic hydroxyl groups is 1. The molecule has 0 radical (unpaired) electrons. The van der Waals surface area contributed by atoms with Crippen LogP contribution in [0.15, 0.2) is 54.6 Å². The minimum Gasteiger partial charge on any atom is -0.508 e. The minimum absolute atomic E-state index is 0.236. The van der Waals surface area contributed by atoms with Gasteiger partial charge in [0.25, 0.3) is 0 Å². The molecule has 2 N–H and O–H groups in total. The van der Waals surface area contributed by atoms with Gasteiger partial charge in [-0.2, -0.15) is 5.10 Å². The molecule has 104 valence electrons. The van der Waals surface area contributed by atoms with E-state index in [0.29, 0.717) is 0 Å². The molecule has 0 bridgehead atoms. The molecule has 0 aliphatic rings. The van der Waals surface area contributed by atoms with Crippen LogP contribution >= 0.6 is 0 Å². The summed E-state index contributed by atoms with van der Waals surface area (Å²) in [5, 5.41) is 16.3. The van der Waals surface area contributed by atoms with Crippen molar-refractivity contribution >= 4 is 12.2 Å². The zero-order valence-electron chi connectivity index (χ0n) is 11.1. The van der Waals surface area contributed by atoms with Gasteiger partial charge in [-0.15, -0.1) is 0 Å². The molecule has 3 aromatic rings. The van der Waals surface area contributed by atoms with Crippen LogP contribution < -0.4 is 0 Å². The van der Waals surface area contributed by atoms with E-state index >= 15 is 0 Å². The topological polar surface area (TPSA) is 48.9 Å². The second kappa shape index (κ2) is 5.63. The lowest BCUT2D eigenvalue weighted by Crippen LogP contribution is -1.79. The van der Waals surface area contributed by atoms with E-state index in [9.17, 15) is 9.50 Å². The molecule has 0 spiro atoms. The summed E-state index contributed by atoms with van der Waals surface area (Å²) in [5.41, 5.74) is 3.23. The lowest BCUT2D eigenvalue weighted by atomic mass is 10.1. The maximum Gasteiger partial charge on any atom is 0.123 e. The van der Waals surface area contributed by atoms with Gasteiger partial charge in [0.1, 0.15) is 11.6 Å². The van der Waals surface area contributed by atoms with Crippen LogP contribution in [0.3, 0.4) is 0 Å². The Hall–Kier alpha value is -2.88. The predicted molar refractivity (Wildman–Crippen MR) is 81.0 cm³/mol. The van der Waals surface area contributed by atoms with Gasteiger partial charge in [0.15, 0.2) is 0 Å². The van der Waals surface area contributed by atoms with E-state index in [1.54, 1.807) is 18.2 Å². The molecule has 0 saturated carbocycles. The van der Waals surface area contributed by atoms with Gasteiger partial charge in [0, 0.05) is 5.56 Å². The highest BCUT2D eigenvalue weighted by atomic mass is 19.1. The first-order valence-corrected chi connectivity index (χ1v) is 6.49. The zero-order chi connectivity index (χ0) is 14.7. The highest BCUT2D eigenvalue weighted by molar-refractivity contribution is 5.71. The summed E-state index contributed by atoms with van der Waals surface area (Å²) in [6.45, 7) is 0. The zero-order valence-corrected chi connectivity index (χ0v) is 11.1. The van der Waals surface area contributed by atoms with Crippen LogP contribution in [0.1, 0.15) is 11.3 Å². The molecule has 1 heterocycles. The smallest absolute Gasteiger partial charge is 0.123 e. The van der Waals surface area contributed by atoms with Crippen molar-refractivity contribution in [2.75, 3.05) is 0 Å². The van der Waals surface area contributed by atoms with Crippen molar-refractivity contribution in [1.29, 1.82) is 0 Å². The first kappa shape index (κ1) is 13.1. The van der Waals surface area contributed by atoms with Gasteiger partial charge in [-0.05, 0) is 42.0 Å². The van der Waals surface area contributed by atoms with Gasteiger partial charge in [0.2, 0.25) is 0 Å². The summed E-state index contributed by atoms with van der Waals surface area (Å²) in [7, 11) is 0.